The Hall–Kier alpha value is -2.67. The molecule has 1 fully saturated rings. The lowest BCUT2D eigenvalue weighted by atomic mass is 10.0. The van der Waals surface area contributed by atoms with Gasteiger partial charge in [0.15, 0.2) is 17.3 Å². The Morgan fingerprint density at radius 2 is 1.81 bits per heavy atom. The molecule has 1 N–H and O–H groups in total. The molecule has 3 rings (SSSR count). The lowest BCUT2D eigenvalue weighted by molar-refractivity contribution is 0.0527. The number of H-pyrrole nitrogens is 1. The number of ketones is 2. The van der Waals surface area contributed by atoms with Gasteiger partial charge in [0.05, 0.1) is 18.0 Å². The first-order valence-corrected chi connectivity index (χ1v) is 9.12. The molecule has 0 aromatic carbocycles. The molecule has 2 aromatic rings. The van der Waals surface area contributed by atoms with Crippen molar-refractivity contribution in [1.29, 1.82) is 0 Å². The number of furan rings is 1. The molecule has 1 aliphatic rings. The van der Waals surface area contributed by atoms with E-state index in [1.165, 1.54) is 13.2 Å². The summed E-state index contributed by atoms with van der Waals surface area (Å²) in [5, 5.41) is 0. The fourth-order valence-corrected chi connectivity index (χ4v) is 3.77. The fourth-order valence-electron chi connectivity index (χ4n) is 3.77. The number of aryl methyl sites for hydroxylation is 1. The van der Waals surface area contributed by atoms with Gasteiger partial charge in [-0.05, 0) is 45.4 Å². The van der Waals surface area contributed by atoms with Crippen molar-refractivity contribution >= 4 is 17.5 Å². The van der Waals surface area contributed by atoms with Gasteiger partial charge in [0.25, 0.3) is 5.91 Å². The van der Waals surface area contributed by atoms with Crippen LogP contribution in [0.4, 0.5) is 0 Å². The van der Waals surface area contributed by atoms with Crippen LogP contribution in [-0.2, 0) is 0 Å². The van der Waals surface area contributed by atoms with Gasteiger partial charge in [0, 0.05) is 37.4 Å². The molecule has 1 aliphatic heterocycles. The Morgan fingerprint density at radius 1 is 1.15 bits per heavy atom. The number of aromatic nitrogens is 1. The van der Waals surface area contributed by atoms with Crippen molar-refractivity contribution in [2.45, 2.75) is 33.7 Å². The van der Waals surface area contributed by atoms with Crippen LogP contribution in [0.25, 0.3) is 0 Å². The number of amides is 1. The van der Waals surface area contributed by atoms with Gasteiger partial charge in [-0.25, -0.2) is 0 Å². The maximum atomic E-state index is 13.0. The molecule has 27 heavy (non-hydrogen) atoms. The number of rotatable bonds is 5. The predicted octanol–water partition coefficient (Wildman–Crippen LogP) is 2.46. The van der Waals surface area contributed by atoms with Gasteiger partial charge >= 0.3 is 0 Å². The highest BCUT2D eigenvalue weighted by Crippen LogP contribution is 2.21. The zero-order valence-electron chi connectivity index (χ0n) is 16.2. The van der Waals surface area contributed by atoms with E-state index in [1.807, 2.05) is 13.8 Å². The lowest BCUT2D eigenvalue weighted by Gasteiger charge is -2.37. The number of hydrogen-bond donors (Lipinski definition) is 1. The van der Waals surface area contributed by atoms with Crippen LogP contribution in [0.3, 0.4) is 0 Å². The van der Waals surface area contributed by atoms with E-state index in [1.54, 1.807) is 24.0 Å². The van der Waals surface area contributed by atoms with Crippen molar-refractivity contribution in [3.63, 3.8) is 0 Å². The first-order valence-electron chi connectivity index (χ1n) is 9.12. The number of Topliss-reactive ketones (excluding diaryl/α,β-unsaturated/α-hetero) is 2. The average Bonchev–Trinajstić information content (AvgIpc) is 3.28. The van der Waals surface area contributed by atoms with E-state index in [0.717, 1.165) is 5.69 Å². The number of hydrogen-bond acceptors (Lipinski definition) is 5. The van der Waals surface area contributed by atoms with Gasteiger partial charge in [0.2, 0.25) is 0 Å². The Morgan fingerprint density at radius 3 is 2.33 bits per heavy atom. The van der Waals surface area contributed by atoms with Gasteiger partial charge in [-0.1, -0.05) is 0 Å². The molecule has 1 unspecified atom stereocenters. The van der Waals surface area contributed by atoms with Crippen LogP contribution in [-0.4, -0.2) is 64.5 Å². The normalized spacial score (nSPS) is 16.4. The van der Waals surface area contributed by atoms with Gasteiger partial charge in [-0.15, -0.1) is 0 Å². The van der Waals surface area contributed by atoms with Gasteiger partial charge in [-0.3, -0.25) is 19.3 Å². The third kappa shape index (κ3) is 3.60. The van der Waals surface area contributed by atoms with E-state index >= 15 is 0 Å². The minimum absolute atomic E-state index is 0.0334. The van der Waals surface area contributed by atoms with Crippen molar-refractivity contribution in [2.24, 2.45) is 0 Å². The number of aromatic amines is 1. The highest BCUT2D eigenvalue weighted by atomic mass is 16.3. The molecule has 0 saturated carbocycles. The molecule has 0 radical (unpaired) electrons. The third-order valence-corrected chi connectivity index (χ3v) is 5.30. The topological polar surface area (TPSA) is 86.6 Å². The summed E-state index contributed by atoms with van der Waals surface area (Å²) < 4.78 is 5.17. The molecular weight excluding hydrogens is 346 g/mol. The van der Waals surface area contributed by atoms with Gasteiger partial charge in [0.1, 0.15) is 0 Å². The summed E-state index contributed by atoms with van der Waals surface area (Å²) >= 11 is 0. The molecule has 1 amide bonds. The molecule has 144 valence electrons. The maximum Gasteiger partial charge on any atom is 0.289 e. The second-order valence-electron chi connectivity index (χ2n) is 7.03. The lowest BCUT2D eigenvalue weighted by Crippen LogP contribution is -2.53. The minimum Gasteiger partial charge on any atom is -0.459 e. The van der Waals surface area contributed by atoms with Crippen molar-refractivity contribution < 1.29 is 18.8 Å². The Kier molecular flexibility index (Phi) is 5.32. The van der Waals surface area contributed by atoms with E-state index in [9.17, 15) is 14.4 Å². The number of piperazine rings is 1. The first kappa shape index (κ1) is 19.1. The van der Waals surface area contributed by atoms with Crippen LogP contribution in [0.15, 0.2) is 22.8 Å². The van der Waals surface area contributed by atoms with Crippen molar-refractivity contribution in [3.8, 4) is 0 Å². The molecule has 3 heterocycles. The van der Waals surface area contributed by atoms with Crippen molar-refractivity contribution in [3.05, 3.63) is 46.7 Å². The second-order valence-corrected chi connectivity index (χ2v) is 7.03. The second kappa shape index (κ2) is 7.52. The molecule has 0 spiro atoms. The molecule has 0 aliphatic carbocycles. The molecular formula is C20H25N3O4. The Balaban J connectivity index is 1.66. The Labute approximate surface area is 158 Å². The molecule has 1 saturated heterocycles. The Bertz CT molecular complexity index is 858. The van der Waals surface area contributed by atoms with Crippen LogP contribution in [0.1, 0.15) is 56.5 Å². The van der Waals surface area contributed by atoms with Crippen molar-refractivity contribution in [1.82, 2.24) is 14.8 Å². The number of carbonyl (C=O) groups excluding carboxylic acids is 3. The van der Waals surface area contributed by atoms with Crippen LogP contribution in [0.2, 0.25) is 0 Å². The van der Waals surface area contributed by atoms with E-state index in [4.69, 9.17) is 4.42 Å². The van der Waals surface area contributed by atoms with Gasteiger partial charge in [-0.2, -0.15) is 0 Å². The fraction of sp³-hybridized carbons (Fsp3) is 0.450. The van der Waals surface area contributed by atoms with Crippen LogP contribution in [0.5, 0.6) is 0 Å². The zero-order valence-corrected chi connectivity index (χ0v) is 16.2. The summed E-state index contributed by atoms with van der Waals surface area (Å²) in [5.41, 5.74) is 2.53. The first-order chi connectivity index (χ1) is 12.8. The smallest absolute Gasteiger partial charge is 0.289 e. The highest BCUT2D eigenvalue weighted by molar-refractivity contribution is 6.05. The van der Waals surface area contributed by atoms with Crippen molar-refractivity contribution in [2.75, 3.05) is 26.2 Å². The minimum atomic E-state index is -0.331. The van der Waals surface area contributed by atoms with Crippen LogP contribution < -0.4 is 0 Å². The number of nitrogens with zero attached hydrogens (tertiary/aromatic N) is 2. The standard InChI is InChI=1S/C20H25N3O4/c1-12-17(15(4)24)13(2)21-18(12)19(25)14(3)22-7-9-23(10-8-22)20(26)16-6-5-11-27-16/h5-6,11,14,21H,7-10H2,1-4H3. The third-order valence-electron chi connectivity index (χ3n) is 5.30. The molecule has 0 bridgehead atoms. The SMILES string of the molecule is CC(=O)c1c(C)[nH]c(C(=O)C(C)N2CCN(C(=O)c3ccco3)CC2)c1C. The largest absolute Gasteiger partial charge is 0.459 e. The molecule has 2 aromatic heterocycles. The van der Waals surface area contributed by atoms with E-state index in [2.05, 4.69) is 9.88 Å². The van der Waals surface area contributed by atoms with E-state index < -0.39 is 0 Å². The predicted molar refractivity (Wildman–Crippen MR) is 100 cm³/mol. The summed E-state index contributed by atoms with van der Waals surface area (Å²) in [5.74, 6) is 0.134. The molecule has 7 nitrogen and oxygen atoms in total. The summed E-state index contributed by atoms with van der Waals surface area (Å²) in [6.07, 6.45) is 1.49. The summed E-state index contributed by atoms with van der Waals surface area (Å²) in [4.78, 5) is 44.0. The molecule has 1 atom stereocenters. The number of carbonyl (C=O) groups is 3. The summed E-state index contributed by atoms with van der Waals surface area (Å²) in [6.45, 7) is 9.29. The van der Waals surface area contributed by atoms with Gasteiger partial charge < -0.3 is 14.3 Å². The quantitative estimate of drug-likeness (QED) is 0.816. The van der Waals surface area contributed by atoms with E-state index in [0.29, 0.717) is 48.8 Å². The monoisotopic (exact) mass is 371 g/mol. The highest BCUT2D eigenvalue weighted by Gasteiger charge is 2.31. The van der Waals surface area contributed by atoms with E-state index in [-0.39, 0.29) is 23.5 Å². The van der Waals surface area contributed by atoms with Crippen LogP contribution >= 0.6 is 0 Å². The summed E-state index contributed by atoms with van der Waals surface area (Å²) in [7, 11) is 0. The summed E-state index contributed by atoms with van der Waals surface area (Å²) in [6, 6.07) is 3.02. The van der Waals surface area contributed by atoms with Crippen LogP contribution in [0, 0.1) is 13.8 Å². The molecule has 7 heteroatoms. The maximum absolute atomic E-state index is 13.0. The average molecular weight is 371 g/mol. The zero-order chi connectivity index (χ0) is 19.7. The number of nitrogens with one attached hydrogen (secondary N) is 1.